The molecule has 2 heterocycles. The Hall–Kier alpha value is -2.31. The molecule has 0 saturated heterocycles. The summed E-state index contributed by atoms with van der Waals surface area (Å²) in [5.74, 6) is -1.12. The summed E-state index contributed by atoms with van der Waals surface area (Å²) in [5, 5.41) is 14.6. The van der Waals surface area contributed by atoms with Gasteiger partial charge >= 0.3 is 11.7 Å². The summed E-state index contributed by atoms with van der Waals surface area (Å²) in [5.41, 5.74) is 0.432. The topological polar surface area (TPSA) is 104 Å². The Morgan fingerprint density at radius 2 is 2.33 bits per heavy atom. The second-order valence-corrected chi connectivity index (χ2v) is 3.05. The third-order valence-electron chi connectivity index (χ3n) is 1.96. The number of carboxylic acids is 1. The van der Waals surface area contributed by atoms with Crippen molar-refractivity contribution in [2.45, 2.75) is 6.92 Å². The highest BCUT2D eigenvalue weighted by molar-refractivity contribution is 5.90. The number of hydrogen-bond donors (Lipinski definition) is 3. The van der Waals surface area contributed by atoms with Crippen LogP contribution in [0.3, 0.4) is 0 Å². The van der Waals surface area contributed by atoms with Gasteiger partial charge in [-0.25, -0.2) is 19.3 Å². The molecule has 15 heavy (non-hydrogen) atoms. The van der Waals surface area contributed by atoms with Crippen LogP contribution in [0.1, 0.15) is 16.2 Å². The molecule has 0 aliphatic carbocycles. The van der Waals surface area contributed by atoms with Crippen molar-refractivity contribution in [2.24, 2.45) is 0 Å². The number of rotatable bonds is 2. The van der Waals surface area contributed by atoms with Crippen molar-refractivity contribution in [1.82, 2.24) is 19.7 Å². The van der Waals surface area contributed by atoms with Crippen LogP contribution < -0.4 is 5.69 Å². The van der Waals surface area contributed by atoms with Gasteiger partial charge in [0.1, 0.15) is 12.0 Å². The summed E-state index contributed by atoms with van der Waals surface area (Å²) >= 11 is 0. The first kappa shape index (κ1) is 9.25. The molecule has 0 bridgehead atoms. The van der Waals surface area contributed by atoms with Crippen molar-refractivity contribution < 1.29 is 9.90 Å². The van der Waals surface area contributed by atoms with Gasteiger partial charge in [0.05, 0.1) is 5.69 Å². The first-order valence-electron chi connectivity index (χ1n) is 4.15. The maximum absolute atomic E-state index is 11.2. The number of nitrogens with zero attached hydrogens (tertiary/aromatic N) is 2. The summed E-state index contributed by atoms with van der Waals surface area (Å²) in [6.45, 7) is 1.71. The van der Waals surface area contributed by atoms with E-state index in [0.717, 1.165) is 4.57 Å². The average Bonchev–Trinajstić information content (AvgIpc) is 2.71. The van der Waals surface area contributed by atoms with Crippen molar-refractivity contribution in [3.63, 3.8) is 0 Å². The third kappa shape index (κ3) is 1.43. The second kappa shape index (κ2) is 3.12. The Balaban J connectivity index is 2.67. The van der Waals surface area contributed by atoms with E-state index in [-0.39, 0.29) is 11.4 Å². The lowest BCUT2D eigenvalue weighted by atomic mass is 10.3. The molecule has 2 rings (SSSR count). The van der Waals surface area contributed by atoms with E-state index in [1.54, 1.807) is 13.0 Å². The van der Waals surface area contributed by atoms with Gasteiger partial charge in [0, 0.05) is 5.69 Å². The fourth-order valence-electron chi connectivity index (χ4n) is 1.35. The maximum atomic E-state index is 11.2. The first-order chi connectivity index (χ1) is 7.09. The van der Waals surface area contributed by atoms with E-state index in [1.807, 2.05) is 0 Å². The summed E-state index contributed by atoms with van der Waals surface area (Å²) in [6.07, 6.45) is 1.23. The zero-order valence-corrected chi connectivity index (χ0v) is 7.81. The summed E-state index contributed by atoms with van der Waals surface area (Å²) in [7, 11) is 0. The molecular weight excluding hydrogens is 200 g/mol. The molecule has 78 valence electrons. The van der Waals surface area contributed by atoms with Crippen LogP contribution in [0.5, 0.6) is 0 Å². The van der Waals surface area contributed by atoms with E-state index >= 15 is 0 Å². The predicted octanol–water partition coefficient (Wildman–Crippen LogP) is -0.105. The number of H-pyrrole nitrogens is 2. The Kier molecular flexibility index (Phi) is 1.93. The molecular formula is C8H8N4O3. The molecule has 2 aromatic rings. The smallest absolute Gasteiger partial charge is 0.354 e. The molecule has 0 amide bonds. The van der Waals surface area contributed by atoms with Crippen molar-refractivity contribution >= 4 is 5.97 Å². The van der Waals surface area contributed by atoms with E-state index in [2.05, 4.69) is 15.2 Å². The van der Waals surface area contributed by atoms with Gasteiger partial charge in [-0.2, -0.15) is 5.10 Å². The molecule has 0 saturated carbocycles. The van der Waals surface area contributed by atoms with Crippen LogP contribution in [0.25, 0.3) is 5.69 Å². The van der Waals surface area contributed by atoms with Gasteiger partial charge in [-0.3, -0.25) is 0 Å². The van der Waals surface area contributed by atoms with Crippen LogP contribution in [0.15, 0.2) is 17.2 Å². The summed E-state index contributed by atoms with van der Waals surface area (Å²) < 4.78 is 1.13. The fraction of sp³-hybridized carbons (Fsp3) is 0.125. The highest BCUT2D eigenvalue weighted by atomic mass is 16.4. The summed E-state index contributed by atoms with van der Waals surface area (Å²) in [6, 6.07) is 1.57. The van der Waals surface area contributed by atoms with Gasteiger partial charge in [0.15, 0.2) is 0 Å². The number of carboxylic acid groups (broad SMARTS) is 1. The molecule has 0 aliphatic rings. The minimum absolute atomic E-state index is 0.0315. The molecule has 0 unspecified atom stereocenters. The quantitative estimate of drug-likeness (QED) is 0.640. The SMILES string of the molecule is Cc1cc(-n2cn[nH]c2=O)c(C(=O)O)[nH]1. The minimum Gasteiger partial charge on any atom is -0.477 e. The molecule has 0 atom stereocenters. The molecule has 0 radical (unpaired) electrons. The first-order valence-corrected chi connectivity index (χ1v) is 4.15. The van der Waals surface area contributed by atoms with E-state index < -0.39 is 11.7 Å². The predicted molar refractivity (Wildman–Crippen MR) is 50.2 cm³/mol. The van der Waals surface area contributed by atoms with Crippen LogP contribution in [0, 0.1) is 6.92 Å². The molecule has 0 spiro atoms. The van der Waals surface area contributed by atoms with Gasteiger partial charge in [-0.05, 0) is 13.0 Å². The monoisotopic (exact) mass is 208 g/mol. The lowest BCUT2D eigenvalue weighted by Gasteiger charge is -1.97. The lowest BCUT2D eigenvalue weighted by molar-refractivity contribution is 0.0691. The van der Waals surface area contributed by atoms with E-state index in [4.69, 9.17) is 5.11 Å². The molecule has 7 heteroatoms. The number of aryl methyl sites for hydroxylation is 1. The largest absolute Gasteiger partial charge is 0.477 e. The lowest BCUT2D eigenvalue weighted by Crippen LogP contribution is -2.16. The van der Waals surface area contributed by atoms with Crippen LogP contribution >= 0.6 is 0 Å². The maximum Gasteiger partial charge on any atom is 0.354 e. The normalized spacial score (nSPS) is 10.5. The van der Waals surface area contributed by atoms with Gasteiger partial charge in [0.25, 0.3) is 0 Å². The van der Waals surface area contributed by atoms with Crippen molar-refractivity contribution in [2.75, 3.05) is 0 Å². The van der Waals surface area contributed by atoms with Crippen LogP contribution in [-0.4, -0.2) is 30.8 Å². The van der Waals surface area contributed by atoms with Gasteiger partial charge in [-0.1, -0.05) is 0 Å². The van der Waals surface area contributed by atoms with Crippen molar-refractivity contribution in [3.05, 3.63) is 34.3 Å². The number of aromatic carboxylic acids is 1. The van der Waals surface area contributed by atoms with Gasteiger partial charge in [-0.15, -0.1) is 0 Å². The number of aromatic nitrogens is 4. The third-order valence-corrected chi connectivity index (χ3v) is 1.96. The highest BCUT2D eigenvalue weighted by Crippen LogP contribution is 2.13. The summed E-state index contributed by atoms with van der Waals surface area (Å²) in [4.78, 5) is 24.8. The Bertz CT molecular complexity index is 562. The van der Waals surface area contributed by atoms with Crippen LogP contribution in [0.4, 0.5) is 0 Å². The molecule has 0 fully saturated rings. The molecule has 0 aromatic carbocycles. The van der Waals surface area contributed by atoms with Gasteiger partial charge in [0.2, 0.25) is 0 Å². The number of hydrogen-bond acceptors (Lipinski definition) is 3. The van der Waals surface area contributed by atoms with E-state index in [1.165, 1.54) is 6.33 Å². The van der Waals surface area contributed by atoms with E-state index in [0.29, 0.717) is 5.69 Å². The zero-order chi connectivity index (χ0) is 11.0. The minimum atomic E-state index is -1.12. The Morgan fingerprint density at radius 1 is 1.60 bits per heavy atom. The van der Waals surface area contributed by atoms with Crippen LogP contribution in [-0.2, 0) is 0 Å². The molecule has 3 N–H and O–H groups in total. The zero-order valence-electron chi connectivity index (χ0n) is 7.81. The Morgan fingerprint density at radius 3 is 2.87 bits per heavy atom. The average molecular weight is 208 g/mol. The van der Waals surface area contributed by atoms with Gasteiger partial charge < -0.3 is 10.1 Å². The highest BCUT2D eigenvalue weighted by Gasteiger charge is 2.15. The number of carbonyl (C=O) groups is 1. The standard InChI is InChI=1S/C8H8N4O3/c1-4-2-5(6(10-4)7(13)14)12-3-9-11-8(12)15/h2-3,10H,1H3,(H,11,15)(H,13,14). The molecule has 2 aromatic heterocycles. The molecule has 7 nitrogen and oxygen atoms in total. The number of nitrogens with one attached hydrogen (secondary N) is 2. The van der Waals surface area contributed by atoms with Crippen LogP contribution in [0.2, 0.25) is 0 Å². The molecule has 0 aliphatic heterocycles. The Labute approximate surface area is 83.4 Å². The fourth-order valence-corrected chi connectivity index (χ4v) is 1.35. The number of aromatic amines is 2. The van der Waals surface area contributed by atoms with Crippen molar-refractivity contribution in [1.29, 1.82) is 0 Å². The second-order valence-electron chi connectivity index (χ2n) is 3.05. The van der Waals surface area contributed by atoms with E-state index in [9.17, 15) is 9.59 Å². The van der Waals surface area contributed by atoms with Crippen molar-refractivity contribution in [3.8, 4) is 5.69 Å².